The number of rotatable bonds is 7. The van der Waals surface area contributed by atoms with Crippen LogP contribution in [0.2, 0.25) is 10.0 Å². The summed E-state index contributed by atoms with van der Waals surface area (Å²) in [5, 5.41) is 10.7. The summed E-state index contributed by atoms with van der Waals surface area (Å²) < 4.78 is 4.95. The van der Waals surface area contributed by atoms with Gasteiger partial charge in [-0.3, -0.25) is 9.59 Å². The fourth-order valence-electron chi connectivity index (χ4n) is 2.11. The van der Waals surface area contributed by atoms with Gasteiger partial charge in [-0.05, 0) is 59.7 Å². The van der Waals surface area contributed by atoms with Crippen molar-refractivity contribution in [2.24, 2.45) is 0 Å². The maximum Gasteiger partial charge on any atom is 0.163 e. The first-order chi connectivity index (χ1) is 12.4. The van der Waals surface area contributed by atoms with E-state index in [9.17, 15) is 14.7 Å². The lowest BCUT2D eigenvalue weighted by atomic mass is 10.1. The molecule has 0 aromatic heterocycles. The SMILES string of the molecule is COc1ccc(C=CC(=O)CC(=O)C=Cc2cc(Cl)ccc2Cl)cc1O. The van der Waals surface area contributed by atoms with Gasteiger partial charge in [0.05, 0.1) is 13.5 Å². The first kappa shape index (κ1) is 19.8. The van der Waals surface area contributed by atoms with Crippen LogP contribution in [0.15, 0.2) is 48.6 Å². The molecule has 0 aliphatic carbocycles. The van der Waals surface area contributed by atoms with Gasteiger partial charge in [-0.1, -0.05) is 35.3 Å². The van der Waals surface area contributed by atoms with E-state index in [1.807, 2.05) is 0 Å². The first-order valence-electron chi connectivity index (χ1n) is 7.63. The third kappa shape index (κ3) is 5.76. The van der Waals surface area contributed by atoms with Crippen molar-refractivity contribution < 1.29 is 19.4 Å². The third-order valence-electron chi connectivity index (χ3n) is 3.42. The lowest BCUT2D eigenvalue weighted by molar-refractivity contribution is -0.121. The average molecular weight is 391 g/mol. The lowest BCUT2D eigenvalue weighted by Gasteiger charge is -2.03. The molecule has 2 aromatic carbocycles. The largest absolute Gasteiger partial charge is 0.504 e. The molecule has 1 N–H and O–H groups in total. The van der Waals surface area contributed by atoms with Crippen molar-refractivity contribution in [3.63, 3.8) is 0 Å². The van der Waals surface area contributed by atoms with Crippen molar-refractivity contribution in [2.45, 2.75) is 6.42 Å². The van der Waals surface area contributed by atoms with Gasteiger partial charge in [0, 0.05) is 10.0 Å². The number of ether oxygens (including phenoxy) is 1. The highest BCUT2D eigenvalue weighted by atomic mass is 35.5. The van der Waals surface area contributed by atoms with E-state index in [1.165, 1.54) is 37.5 Å². The standard InChI is InChI=1S/C20H16Cl2O4/c1-26-20-9-3-13(10-19(20)25)2-6-16(23)12-17(24)7-4-14-11-15(21)5-8-18(14)22/h2-11,25H,12H2,1H3. The summed E-state index contributed by atoms with van der Waals surface area (Å²) in [5.74, 6) is -0.395. The first-order valence-corrected chi connectivity index (χ1v) is 8.38. The predicted molar refractivity (Wildman–Crippen MR) is 104 cm³/mol. The van der Waals surface area contributed by atoms with Crippen molar-refractivity contribution in [2.75, 3.05) is 7.11 Å². The Morgan fingerprint density at radius 3 is 2.38 bits per heavy atom. The van der Waals surface area contributed by atoms with Crippen molar-refractivity contribution in [3.05, 3.63) is 69.7 Å². The fourth-order valence-corrected chi connectivity index (χ4v) is 2.48. The summed E-state index contributed by atoms with van der Waals surface area (Å²) in [7, 11) is 1.45. The van der Waals surface area contributed by atoms with E-state index >= 15 is 0 Å². The molecule has 6 heteroatoms. The minimum Gasteiger partial charge on any atom is -0.504 e. The highest BCUT2D eigenvalue weighted by Gasteiger charge is 2.05. The monoisotopic (exact) mass is 390 g/mol. The van der Waals surface area contributed by atoms with E-state index in [-0.39, 0.29) is 23.7 Å². The zero-order chi connectivity index (χ0) is 19.1. The number of allylic oxidation sites excluding steroid dienone is 2. The molecule has 0 heterocycles. The highest BCUT2D eigenvalue weighted by molar-refractivity contribution is 6.34. The Balaban J connectivity index is 1.96. The van der Waals surface area contributed by atoms with E-state index < -0.39 is 0 Å². The molecule has 0 aliphatic heterocycles. The number of methoxy groups -OCH3 is 1. The smallest absolute Gasteiger partial charge is 0.163 e. The van der Waals surface area contributed by atoms with Gasteiger partial charge in [0.15, 0.2) is 23.1 Å². The van der Waals surface area contributed by atoms with E-state index in [0.29, 0.717) is 26.9 Å². The molecule has 0 spiro atoms. The number of hydrogen-bond donors (Lipinski definition) is 1. The Bertz CT molecular complexity index is 885. The van der Waals surface area contributed by atoms with Crippen LogP contribution in [0.1, 0.15) is 17.5 Å². The molecule has 0 fully saturated rings. The van der Waals surface area contributed by atoms with E-state index in [1.54, 1.807) is 30.3 Å². The number of ketones is 2. The number of halogens is 2. The summed E-state index contributed by atoms with van der Waals surface area (Å²) in [6.07, 6.45) is 5.36. The molecule has 2 aromatic rings. The molecular weight excluding hydrogens is 375 g/mol. The van der Waals surface area contributed by atoms with Gasteiger partial charge in [0.2, 0.25) is 0 Å². The number of carbonyl (C=O) groups is 2. The third-order valence-corrected chi connectivity index (χ3v) is 4.00. The average Bonchev–Trinajstić information content (AvgIpc) is 2.61. The molecule has 0 aliphatic rings. The summed E-state index contributed by atoms with van der Waals surface area (Å²) in [5.41, 5.74) is 1.22. The molecule has 0 bridgehead atoms. The molecule has 0 saturated heterocycles. The summed E-state index contributed by atoms with van der Waals surface area (Å²) >= 11 is 11.9. The second kappa shape index (κ2) is 9.22. The Morgan fingerprint density at radius 1 is 1.04 bits per heavy atom. The second-order valence-electron chi connectivity index (χ2n) is 5.37. The van der Waals surface area contributed by atoms with Crippen LogP contribution >= 0.6 is 23.2 Å². The van der Waals surface area contributed by atoms with E-state index in [4.69, 9.17) is 27.9 Å². The van der Waals surface area contributed by atoms with Gasteiger partial charge in [0.25, 0.3) is 0 Å². The molecule has 0 atom stereocenters. The zero-order valence-electron chi connectivity index (χ0n) is 13.9. The Morgan fingerprint density at radius 2 is 1.73 bits per heavy atom. The van der Waals surface area contributed by atoms with Gasteiger partial charge in [0.1, 0.15) is 0 Å². The van der Waals surface area contributed by atoms with Crippen LogP contribution in [0.5, 0.6) is 11.5 Å². The van der Waals surface area contributed by atoms with Crippen LogP contribution < -0.4 is 4.74 Å². The van der Waals surface area contributed by atoms with Crippen molar-refractivity contribution in [1.82, 2.24) is 0 Å². The molecule has 26 heavy (non-hydrogen) atoms. The normalized spacial score (nSPS) is 11.2. The number of aromatic hydroxyl groups is 1. The maximum atomic E-state index is 11.9. The number of hydrogen-bond acceptors (Lipinski definition) is 4. The lowest BCUT2D eigenvalue weighted by Crippen LogP contribution is -2.01. The highest BCUT2D eigenvalue weighted by Crippen LogP contribution is 2.26. The van der Waals surface area contributed by atoms with Gasteiger partial charge in [-0.25, -0.2) is 0 Å². The molecule has 4 nitrogen and oxygen atoms in total. The minimum atomic E-state index is -0.354. The Kier molecular flexibility index (Phi) is 7.01. The van der Waals surface area contributed by atoms with Gasteiger partial charge in [-0.15, -0.1) is 0 Å². The maximum absolute atomic E-state index is 11.9. The van der Waals surface area contributed by atoms with Gasteiger partial charge < -0.3 is 9.84 Å². The van der Waals surface area contributed by atoms with Gasteiger partial charge >= 0.3 is 0 Å². The summed E-state index contributed by atoms with van der Waals surface area (Å²) in [6, 6.07) is 9.64. The molecular formula is C20H16Cl2O4. The molecule has 2 rings (SSSR count). The number of phenols is 1. The van der Waals surface area contributed by atoms with Crippen molar-refractivity contribution in [3.8, 4) is 11.5 Å². The van der Waals surface area contributed by atoms with Crippen LogP contribution in [0, 0.1) is 0 Å². The summed E-state index contributed by atoms with van der Waals surface area (Å²) in [6.45, 7) is 0. The Labute approximate surface area is 161 Å². The quantitative estimate of drug-likeness (QED) is 0.535. The molecule has 0 amide bonds. The summed E-state index contributed by atoms with van der Waals surface area (Å²) in [4.78, 5) is 23.8. The van der Waals surface area contributed by atoms with Crippen LogP contribution in [0.25, 0.3) is 12.2 Å². The van der Waals surface area contributed by atoms with E-state index in [2.05, 4.69) is 0 Å². The molecule has 0 radical (unpaired) electrons. The molecule has 0 saturated carbocycles. The number of phenolic OH excluding ortho intramolecular Hbond substituents is 1. The predicted octanol–water partition coefficient (Wildman–Crippen LogP) is 4.96. The minimum absolute atomic E-state index is 0.0282. The van der Waals surface area contributed by atoms with Crippen molar-refractivity contribution >= 4 is 46.9 Å². The van der Waals surface area contributed by atoms with Crippen LogP contribution in [-0.4, -0.2) is 23.8 Å². The zero-order valence-corrected chi connectivity index (χ0v) is 15.4. The molecule has 0 unspecified atom stereocenters. The topological polar surface area (TPSA) is 63.6 Å². The molecule has 134 valence electrons. The van der Waals surface area contributed by atoms with Crippen molar-refractivity contribution in [1.29, 1.82) is 0 Å². The second-order valence-corrected chi connectivity index (χ2v) is 6.22. The van der Waals surface area contributed by atoms with Crippen LogP contribution in [-0.2, 0) is 9.59 Å². The van der Waals surface area contributed by atoms with Crippen LogP contribution in [0.4, 0.5) is 0 Å². The van der Waals surface area contributed by atoms with E-state index in [0.717, 1.165) is 0 Å². The Hall–Kier alpha value is -2.56. The number of carbonyl (C=O) groups excluding carboxylic acids is 2. The van der Waals surface area contributed by atoms with Crippen LogP contribution in [0.3, 0.4) is 0 Å². The fraction of sp³-hybridized carbons (Fsp3) is 0.100. The van der Waals surface area contributed by atoms with Gasteiger partial charge in [-0.2, -0.15) is 0 Å². The number of benzene rings is 2.